The summed E-state index contributed by atoms with van der Waals surface area (Å²) in [6.45, 7) is 18.4. The molecule has 8 heteroatoms. The molecule has 1 aliphatic rings. The lowest BCUT2D eigenvalue weighted by Crippen LogP contribution is -2.52. The van der Waals surface area contributed by atoms with Crippen molar-refractivity contribution in [2.45, 2.75) is 47.1 Å². The van der Waals surface area contributed by atoms with E-state index >= 15 is 0 Å². The largest absolute Gasteiger partial charge is 0.379 e. The number of ether oxygens (including phenoxy) is 1. The van der Waals surface area contributed by atoms with Gasteiger partial charge in [0, 0.05) is 38.3 Å². The average molecular weight is 483 g/mol. The second-order valence-electron chi connectivity index (χ2n) is 7.70. The number of aliphatic imine (C=N–C) groups is 1. The van der Waals surface area contributed by atoms with Crippen molar-refractivity contribution in [3.8, 4) is 0 Å². The smallest absolute Gasteiger partial charge is 0.227 e. The summed E-state index contributed by atoms with van der Waals surface area (Å²) in [7, 11) is 0. The minimum absolute atomic E-state index is 0. The third kappa shape index (κ3) is 8.39. The van der Waals surface area contributed by atoms with Gasteiger partial charge in [0.1, 0.15) is 0 Å². The van der Waals surface area contributed by atoms with E-state index in [0.717, 1.165) is 38.8 Å². The molecule has 0 bridgehead atoms. The first-order chi connectivity index (χ1) is 11.7. The number of hydrogen-bond acceptors (Lipinski definition) is 4. The van der Waals surface area contributed by atoms with Crippen molar-refractivity contribution >= 4 is 35.8 Å². The predicted molar refractivity (Wildman–Crippen MR) is 118 cm³/mol. The summed E-state index contributed by atoms with van der Waals surface area (Å²) >= 11 is 0. The molecule has 154 valence electrons. The van der Waals surface area contributed by atoms with Gasteiger partial charge in [0.05, 0.1) is 25.2 Å². The molecule has 0 saturated carbocycles. The number of nitrogens with zero attached hydrogens (tertiary/aromatic N) is 2. The van der Waals surface area contributed by atoms with Crippen molar-refractivity contribution in [1.82, 2.24) is 20.9 Å². The fourth-order valence-corrected chi connectivity index (χ4v) is 2.67. The predicted octanol–water partition coefficient (Wildman–Crippen LogP) is 1.43. The van der Waals surface area contributed by atoms with Crippen molar-refractivity contribution in [2.24, 2.45) is 10.4 Å². The van der Waals surface area contributed by atoms with E-state index in [-0.39, 0.29) is 35.4 Å². The number of carbonyl (C=O) groups excluding carboxylic acids is 1. The number of rotatable bonds is 8. The van der Waals surface area contributed by atoms with Crippen molar-refractivity contribution in [2.75, 3.05) is 52.5 Å². The normalized spacial score (nSPS) is 16.6. The van der Waals surface area contributed by atoms with Gasteiger partial charge in [0.25, 0.3) is 0 Å². The highest BCUT2D eigenvalue weighted by Crippen LogP contribution is 2.17. The van der Waals surface area contributed by atoms with E-state index in [1.54, 1.807) is 0 Å². The highest BCUT2D eigenvalue weighted by atomic mass is 127. The van der Waals surface area contributed by atoms with Crippen molar-refractivity contribution in [1.29, 1.82) is 0 Å². The van der Waals surface area contributed by atoms with Gasteiger partial charge in [0.2, 0.25) is 5.91 Å². The molecule has 26 heavy (non-hydrogen) atoms. The van der Waals surface area contributed by atoms with E-state index in [4.69, 9.17) is 9.73 Å². The molecule has 7 nitrogen and oxygen atoms in total. The second-order valence-corrected chi connectivity index (χ2v) is 7.70. The molecule has 1 saturated heterocycles. The molecule has 0 aromatic carbocycles. The van der Waals surface area contributed by atoms with E-state index in [1.165, 1.54) is 0 Å². The quantitative estimate of drug-likeness (QED) is 0.277. The van der Waals surface area contributed by atoms with Crippen molar-refractivity contribution < 1.29 is 9.53 Å². The topological polar surface area (TPSA) is 78.0 Å². The molecule has 0 spiro atoms. The Morgan fingerprint density at radius 2 is 1.62 bits per heavy atom. The first kappa shape index (κ1) is 25.4. The lowest BCUT2D eigenvalue weighted by molar-refractivity contribution is -0.128. The maximum Gasteiger partial charge on any atom is 0.227 e. The minimum atomic E-state index is -0.494. The number of carbonyl (C=O) groups is 1. The molecule has 0 unspecified atom stereocenters. The summed E-state index contributed by atoms with van der Waals surface area (Å²) in [6.07, 6.45) is 0. The lowest BCUT2D eigenvalue weighted by atomic mass is 9.92. The fourth-order valence-electron chi connectivity index (χ4n) is 2.67. The number of guanidine groups is 1. The summed E-state index contributed by atoms with van der Waals surface area (Å²) < 4.78 is 5.44. The zero-order valence-corrected chi connectivity index (χ0v) is 19.6. The van der Waals surface area contributed by atoms with Crippen LogP contribution in [0.1, 0.15) is 41.5 Å². The van der Waals surface area contributed by atoms with Gasteiger partial charge < -0.3 is 20.7 Å². The highest BCUT2D eigenvalue weighted by Gasteiger charge is 2.29. The number of nitrogens with one attached hydrogen (secondary N) is 3. The first-order valence-electron chi connectivity index (χ1n) is 9.36. The van der Waals surface area contributed by atoms with Crippen LogP contribution in [0.25, 0.3) is 0 Å². The Kier molecular flexibility index (Phi) is 11.7. The van der Waals surface area contributed by atoms with Crippen molar-refractivity contribution in [3.63, 3.8) is 0 Å². The Morgan fingerprint density at radius 3 is 2.15 bits per heavy atom. The number of hydrogen-bond donors (Lipinski definition) is 3. The first-order valence-corrected chi connectivity index (χ1v) is 9.36. The van der Waals surface area contributed by atoms with Gasteiger partial charge in [-0.05, 0) is 41.5 Å². The fraction of sp³-hybridized carbons (Fsp3) is 0.889. The van der Waals surface area contributed by atoms with E-state index in [1.807, 2.05) is 27.7 Å². The van der Waals surface area contributed by atoms with Crippen LogP contribution < -0.4 is 16.0 Å². The van der Waals surface area contributed by atoms with Gasteiger partial charge in [-0.25, -0.2) is 0 Å². The van der Waals surface area contributed by atoms with E-state index in [2.05, 4.69) is 34.7 Å². The Bertz CT molecular complexity index is 449. The number of morpholine rings is 1. The van der Waals surface area contributed by atoms with Crippen LogP contribution in [0.5, 0.6) is 0 Å². The number of amides is 1. The highest BCUT2D eigenvalue weighted by molar-refractivity contribution is 14.0. The van der Waals surface area contributed by atoms with E-state index in [0.29, 0.717) is 19.6 Å². The third-order valence-electron chi connectivity index (χ3n) is 4.49. The van der Waals surface area contributed by atoms with Crippen LogP contribution in [0.3, 0.4) is 0 Å². The molecule has 1 rings (SSSR count). The molecular weight excluding hydrogens is 445 g/mol. The van der Waals surface area contributed by atoms with Gasteiger partial charge in [-0.3, -0.25) is 14.7 Å². The van der Waals surface area contributed by atoms with Gasteiger partial charge in [0.15, 0.2) is 5.96 Å². The Labute approximate surface area is 176 Å². The molecule has 1 amide bonds. The maximum absolute atomic E-state index is 12.1. The molecule has 1 fully saturated rings. The Hall–Kier alpha value is -0.610. The molecule has 0 aromatic rings. The Balaban J connectivity index is 0.00000625. The van der Waals surface area contributed by atoms with Crippen LogP contribution >= 0.6 is 24.0 Å². The van der Waals surface area contributed by atoms with E-state index in [9.17, 15) is 4.79 Å². The summed E-state index contributed by atoms with van der Waals surface area (Å²) in [5.41, 5.74) is -0.521. The van der Waals surface area contributed by atoms with Gasteiger partial charge >= 0.3 is 0 Å². The van der Waals surface area contributed by atoms with Crippen LogP contribution in [-0.4, -0.2) is 74.8 Å². The lowest BCUT2D eigenvalue weighted by Gasteiger charge is -2.40. The number of halogens is 1. The molecule has 0 aromatic heterocycles. The minimum Gasteiger partial charge on any atom is -0.379 e. The molecular formula is C18H38IN5O2. The standard InChI is InChI=1S/C18H37N5O2.HI/c1-7-19-15(24)17(3,4)13-21-16(20-8-2)22-14-18(5,6)23-9-11-25-12-10-23;/h7-14H2,1-6H3,(H,19,24)(H2,20,21,22);1H. The Morgan fingerprint density at radius 1 is 1.04 bits per heavy atom. The third-order valence-corrected chi connectivity index (χ3v) is 4.49. The summed E-state index contributed by atoms with van der Waals surface area (Å²) in [6, 6.07) is 0. The molecule has 1 aliphatic heterocycles. The molecule has 0 aliphatic carbocycles. The monoisotopic (exact) mass is 483 g/mol. The van der Waals surface area contributed by atoms with Crippen LogP contribution in [0.2, 0.25) is 0 Å². The molecule has 3 N–H and O–H groups in total. The van der Waals surface area contributed by atoms with Crippen LogP contribution in [0.4, 0.5) is 0 Å². The molecule has 0 radical (unpaired) electrons. The summed E-state index contributed by atoms with van der Waals surface area (Å²) in [5.74, 6) is 0.799. The SMILES string of the molecule is CCNC(=O)C(C)(C)CNC(=NCC(C)(C)N1CCOCC1)NCC.I. The van der Waals surface area contributed by atoms with Gasteiger partial charge in [-0.15, -0.1) is 24.0 Å². The summed E-state index contributed by atoms with van der Waals surface area (Å²) in [5, 5.41) is 9.46. The van der Waals surface area contributed by atoms with Gasteiger partial charge in [-0.1, -0.05) is 0 Å². The summed E-state index contributed by atoms with van der Waals surface area (Å²) in [4.78, 5) is 19.3. The second kappa shape index (κ2) is 12.0. The van der Waals surface area contributed by atoms with E-state index < -0.39 is 5.41 Å². The van der Waals surface area contributed by atoms with Crippen molar-refractivity contribution in [3.05, 3.63) is 0 Å². The molecule has 1 heterocycles. The van der Waals surface area contributed by atoms with Crippen LogP contribution in [0.15, 0.2) is 4.99 Å². The zero-order chi connectivity index (χ0) is 18.9. The maximum atomic E-state index is 12.1. The van der Waals surface area contributed by atoms with Crippen LogP contribution in [0, 0.1) is 5.41 Å². The van der Waals surface area contributed by atoms with Gasteiger partial charge in [-0.2, -0.15) is 0 Å². The average Bonchev–Trinajstić information content (AvgIpc) is 2.58. The zero-order valence-electron chi connectivity index (χ0n) is 17.3. The molecule has 0 atom stereocenters. The van der Waals surface area contributed by atoms with Crippen LogP contribution in [-0.2, 0) is 9.53 Å².